The van der Waals surface area contributed by atoms with E-state index in [1.807, 2.05) is 31.2 Å². The molecule has 0 aliphatic carbocycles. The average molecular weight is 341 g/mol. The minimum absolute atomic E-state index is 0.108. The van der Waals surface area contributed by atoms with E-state index in [-0.39, 0.29) is 11.0 Å². The maximum absolute atomic E-state index is 11.3. The van der Waals surface area contributed by atoms with Crippen molar-refractivity contribution in [1.82, 2.24) is 0 Å². The molecule has 100 valence electrons. The lowest BCUT2D eigenvalue weighted by Crippen LogP contribution is -1.98. The summed E-state index contributed by atoms with van der Waals surface area (Å²) in [6, 6.07) is 11.4. The van der Waals surface area contributed by atoms with Crippen molar-refractivity contribution in [1.29, 1.82) is 0 Å². The second kappa shape index (κ2) is 6.30. The fourth-order valence-corrected chi connectivity index (χ4v) is 3.10. The minimum atomic E-state index is -0.454. The van der Waals surface area contributed by atoms with Gasteiger partial charge in [0.1, 0.15) is 5.76 Å². The summed E-state index contributed by atoms with van der Waals surface area (Å²) in [7, 11) is 1.34. The number of benzene rings is 1. The number of carbonyl (C=O) groups is 1. The Bertz CT molecular complexity index is 580. The van der Waals surface area contributed by atoms with Gasteiger partial charge in [-0.05, 0) is 47.1 Å². The van der Waals surface area contributed by atoms with Crippen molar-refractivity contribution in [3.8, 4) is 0 Å². The summed E-state index contributed by atoms with van der Waals surface area (Å²) in [5.41, 5.74) is 0. The van der Waals surface area contributed by atoms with E-state index in [0.717, 1.165) is 15.1 Å². The molecule has 0 radical (unpaired) electrons. The number of halogens is 1. The molecule has 0 aliphatic rings. The van der Waals surface area contributed by atoms with Crippen LogP contribution in [-0.2, 0) is 4.74 Å². The second-order valence-corrected chi connectivity index (χ2v) is 6.12. The van der Waals surface area contributed by atoms with Gasteiger partial charge in [-0.3, -0.25) is 0 Å². The Labute approximate surface area is 124 Å². The van der Waals surface area contributed by atoms with E-state index in [1.54, 1.807) is 23.9 Å². The molecule has 1 atom stereocenters. The highest BCUT2D eigenvalue weighted by atomic mass is 79.9. The normalized spacial score (nSPS) is 12.2. The summed E-state index contributed by atoms with van der Waals surface area (Å²) in [4.78, 5) is 12.5. The average Bonchev–Trinajstić information content (AvgIpc) is 2.90. The van der Waals surface area contributed by atoms with Crippen LogP contribution in [0.4, 0.5) is 0 Å². The van der Waals surface area contributed by atoms with Gasteiger partial charge in [0.2, 0.25) is 5.76 Å². The van der Waals surface area contributed by atoms with Crippen molar-refractivity contribution in [3.63, 3.8) is 0 Å². The van der Waals surface area contributed by atoms with Crippen LogP contribution < -0.4 is 0 Å². The van der Waals surface area contributed by atoms with Crippen LogP contribution >= 0.6 is 27.7 Å². The molecule has 5 heteroatoms. The van der Waals surface area contributed by atoms with Gasteiger partial charge >= 0.3 is 5.97 Å². The molecule has 1 aromatic heterocycles. The molecule has 3 nitrogen and oxygen atoms in total. The van der Waals surface area contributed by atoms with E-state index < -0.39 is 5.97 Å². The van der Waals surface area contributed by atoms with Gasteiger partial charge in [0.05, 0.1) is 12.4 Å². The third-order valence-corrected chi connectivity index (χ3v) is 4.70. The number of furan rings is 1. The predicted octanol–water partition coefficient (Wildman–Crippen LogP) is 4.68. The molecule has 0 aliphatic heterocycles. The Morgan fingerprint density at radius 2 is 2.05 bits per heavy atom. The van der Waals surface area contributed by atoms with Crippen LogP contribution in [-0.4, -0.2) is 13.1 Å². The lowest BCUT2D eigenvalue weighted by atomic mass is 10.3. The van der Waals surface area contributed by atoms with E-state index in [9.17, 15) is 4.79 Å². The van der Waals surface area contributed by atoms with Crippen molar-refractivity contribution >= 4 is 33.7 Å². The van der Waals surface area contributed by atoms with E-state index >= 15 is 0 Å². The number of hydrogen-bond acceptors (Lipinski definition) is 4. The molecule has 2 rings (SSSR count). The molecule has 19 heavy (non-hydrogen) atoms. The van der Waals surface area contributed by atoms with Gasteiger partial charge in [0, 0.05) is 9.37 Å². The highest BCUT2D eigenvalue weighted by Crippen LogP contribution is 2.38. The standard InChI is InChI=1S/C14H13BrO3S/c1-9(19-13-6-4-3-5-10(13)15)11-7-8-12(18-11)14(16)17-2/h3-9H,1-2H3. The fourth-order valence-electron chi connectivity index (χ4n) is 1.57. The largest absolute Gasteiger partial charge is 0.463 e. The molecule has 0 spiro atoms. The molecule has 1 heterocycles. The molecule has 0 bridgehead atoms. The van der Waals surface area contributed by atoms with Crippen molar-refractivity contribution in [3.05, 3.63) is 52.4 Å². The van der Waals surface area contributed by atoms with E-state index in [4.69, 9.17) is 4.42 Å². The number of esters is 1. The molecule has 1 unspecified atom stereocenters. The number of methoxy groups -OCH3 is 1. The van der Waals surface area contributed by atoms with Crippen LogP contribution in [0.3, 0.4) is 0 Å². The first-order chi connectivity index (χ1) is 9.11. The molecular weight excluding hydrogens is 328 g/mol. The zero-order chi connectivity index (χ0) is 13.8. The fraction of sp³-hybridized carbons (Fsp3) is 0.214. The van der Waals surface area contributed by atoms with Gasteiger partial charge in [0.25, 0.3) is 0 Å². The van der Waals surface area contributed by atoms with Crippen molar-refractivity contribution in [2.24, 2.45) is 0 Å². The van der Waals surface area contributed by atoms with Crippen LogP contribution in [0.2, 0.25) is 0 Å². The molecule has 0 fully saturated rings. The monoisotopic (exact) mass is 340 g/mol. The van der Waals surface area contributed by atoms with Gasteiger partial charge < -0.3 is 9.15 Å². The quantitative estimate of drug-likeness (QED) is 0.598. The van der Waals surface area contributed by atoms with E-state index in [0.29, 0.717) is 0 Å². The van der Waals surface area contributed by atoms with Crippen LogP contribution in [0.5, 0.6) is 0 Å². The molecule has 0 N–H and O–H groups in total. The summed E-state index contributed by atoms with van der Waals surface area (Å²) in [6.45, 7) is 2.03. The summed E-state index contributed by atoms with van der Waals surface area (Å²) in [6.07, 6.45) is 0. The number of ether oxygens (including phenoxy) is 1. The minimum Gasteiger partial charge on any atom is -0.463 e. The second-order valence-electron chi connectivity index (χ2n) is 3.88. The van der Waals surface area contributed by atoms with Crippen LogP contribution in [0.15, 0.2) is 50.2 Å². The van der Waals surface area contributed by atoms with Gasteiger partial charge in [-0.25, -0.2) is 4.79 Å². The first kappa shape index (κ1) is 14.2. The number of hydrogen-bond donors (Lipinski definition) is 0. The first-order valence-electron chi connectivity index (χ1n) is 5.71. The number of rotatable bonds is 4. The van der Waals surface area contributed by atoms with Crippen molar-refractivity contribution < 1.29 is 13.9 Å². The molecule has 0 saturated heterocycles. The SMILES string of the molecule is COC(=O)c1ccc(C(C)Sc2ccccc2Br)o1. The number of thioether (sulfide) groups is 1. The zero-order valence-corrected chi connectivity index (χ0v) is 13.0. The van der Waals surface area contributed by atoms with Crippen LogP contribution in [0.1, 0.15) is 28.5 Å². The van der Waals surface area contributed by atoms with Gasteiger partial charge in [-0.1, -0.05) is 12.1 Å². The Morgan fingerprint density at radius 1 is 1.32 bits per heavy atom. The third-order valence-electron chi connectivity index (χ3n) is 2.55. The summed E-state index contributed by atoms with van der Waals surface area (Å²) >= 11 is 5.17. The molecule has 2 aromatic rings. The molecule has 0 amide bonds. The maximum atomic E-state index is 11.3. The summed E-state index contributed by atoms with van der Waals surface area (Å²) in [5.74, 6) is 0.530. The van der Waals surface area contributed by atoms with Crippen LogP contribution in [0.25, 0.3) is 0 Å². The lowest BCUT2D eigenvalue weighted by molar-refractivity contribution is 0.0563. The summed E-state index contributed by atoms with van der Waals surface area (Å²) < 4.78 is 11.2. The van der Waals surface area contributed by atoms with Gasteiger partial charge in [-0.2, -0.15) is 0 Å². The molecule has 1 aromatic carbocycles. The van der Waals surface area contributed by atoms with Gasteiger partial charge in [0.15, 0.2) is 0 Å². The van der Waals surface area contributed by atoms with Gasteiger partial charge in [-0.15, -0.1) is 11.8 Å². The lowest BCUT2D eigenvalue weighted by Gasteiger charge is -2.09. The smallest absolute Gasteiger partial charge is 0.373 e. The Hall–Kier alpha value is -1.20. The highest BCUT2D eigenvalue weighted by molar-refractivity contribution is 9.10. The third kappa shape index (κ3) is 3.42. The van der Waals surface area contributed by atoms with Crippen molar-refractivity contribution in [2.75, 3.05) is 7.11 Å². The van der Waals surface area contributed by atoms with E-state index in [1.165, 1.54) is 7.11 Å². The molecule has 0 saturated carbocycles. The van der Waals surface area contributed by atoms with Crippen LogP contribution in [0, 0.1) is 0 Å². The first-order valence-corrected chi connectivity index (χ1v) is 7.38. The molecular formula is C14H13BrO3S. The topological polar surface area (TPSA) is 39.4 Å². The Balaban J connectivity index is 2.12. The van der Waals surface area contributed by atoms with Crippen molar-refractivity contribution in [2.45, 2.75) is 17.1 Å². The Kier molecular flexibility index (Phi) is 4.71. The Morgan fingerprint density at radius 3 is 2.74 bits per heavy atom. The highest BCUT2D eigenvalue weighted by Gasteiger charge is 2.16. The van der Waals surface area contributed by atoms with E-state index in [2.05, 4.69) is 20.7 Å². The summed E-state index contributed by atoms with van der Waals surface area (Å²) in [5, 5.41) is 0.108. The number of carbonyl (C=O) groups excluding carboxylic acids is 1. The predicted molar refractivity (Wildman–Crippen MR) is 78.5 cm³/mol. The maximum Gasteiger partial charge on any atom is 0.373 e. The zero-order valence-electron chi connectivity index (χ0n) is 10.6.